The highest BCUT2D eigenvalue weighted by molar-refractivity contribution is 5.64. The van der Waals surface area contributed by atoms with Gasteiger partial charge in [0.1, 0.15) is 41.0 Å². The van der Waals surface area contributed by atoms with E-state index in [1.807, 2.05) is 0 Å². The third-order valence-corrected chi connectivity index (χ3v) is 7.59. The van der Waals surface area contributed by atoms with Crippen molar-refractivity contribution in [2.24, 2.45) is 0 Å². The minimum absolute atomic E-state index is 0.0743. The summed E-state index contributed by atoms with van der Waals surface area (Å²) >= 11 is 0. The van der Waals surface area contributed by atoms with Crippen molar-refractivity contribution in [1.29, 1.82) is 0 Å². The smallest absolute Gasteiger partial charge is 0.157 e. The van der Waals surface area contributed by atoms with Gasteiger partial charge in [0.05, 0.1) is 6.10 Å². The summed E-state index contributed by atoms with van der Waals surface area (Å²) in [7, 11) is 0. The summed E-state index contributed by atoms with van der Waals surface area (Å²) in [5, 5.41) is 94.1. The van der Waals surface area contributed by atoms with Crippen molar-refractivity contribution in [2.45, 2.75) is 36.8 Å². The summed E-state index contributed by atoms with van der Waals surface area (Å²) in [6.45, 7) is 0. The number of phenols is 7. The van der Waals surface area contributed by atoms with Gasteiger partial charge < -0.3 is 55.4 Å². The SMILES string of the molecule is Oc1ccc([C@H]2c3c(cc(O)c4c3O[C@@H](c3ccc(O)c(O)c3)[C@@H](O)C4)O[C@@H](c3ccc(O)c(O)c3)[C@@H]2O)c(O)c1. The van der Waals surface area contributed by atoms with Crippen molar-refractivity contribution in [2.75, 3.05) is 0 Å². The Hall–Kier alpha value is -5.00. The number of aromatic hydroxyl groups is 7. The summed E-state index contributed by atoms with van der Waals surface area (Å²) < 4.78 is 12.4. The van der Waals surface area contributed by atoms with Crippen LogP contribution in [0.4, 0.5) is 0 Å². The maximum absolute atomic E-state index is 11.7. The van der Waals surface area contributed by atoms with Crippen LogP contribution in [0.25, 0.3) is 0 Å². The van der Waals surface area contributed by atoms with Crippen LogP contribution in [0.3, 0.4) is 0 Å². The molecule has 2 heterocycles. The minimum atomic E-state index is -1.43. The van der Waals surface area contributed by atoms with E-state index in [0.717, 1.165) is 6.07 Å². The molecular formula is C30H26O11. The van der Waals surface area contributed by atoms with Crippen LogP contribution in [0.15, 0.2) is 60.7 Å². The molecule has 0 spiro atoms. The maximum Gasteiger partial charge on any atom is 0.157 e. The summed E-state index contributed by atoms with van der Waals surface area (Å²) in [6, 6.07) is 13.0. The number of phenolic OH excluding ortho intramolecular Hbond substituents is 7. The van der Waals surface area contributed by atoms with Gasteiger partial charge in [0.2, 0.25) is 0 Å². The largest absolute Gasteiger partial charge is 0.508 e. The van der Waals surface area contributed by atoms with E-state index < -0.39 is 41.8 Å². The molecule has 0 fully saturated rings. The molecule has 9 N–H and O–H groups in total. The monoisotopic (exact) mass is 562 g/mol. The van der Waals surface area contributed by atoms with Gasteiger partial charge in [0.25, 0.3) is 0 Å². The van der Waals surface area contributed by atoms with E-state index in [1.54, 1.807) is 0 Å². The second kappa shape index (κ2) is 9.58. The molecule has 4 aromatic carbocycles. The van der Waals surface area contributed by atoms with E-state index in [0.29, 0.717) is 5.56 Å². The Morgan fingerprint density at radius 3 is 1.83 bits per heavy atom. The average molecular weight is 563 g/mol. The highest BCUT2D eigenvalue weighted by Crippen LogP contribution is 2.56. The average Bonchev–Trinajstić information content (AvgIpc) is 2.92. The predicted molar refractivity (Wildman–Crippen MR) is 142 cm³/mol. The zero-order valence-corrected chi connectivity index (χ0v) is 21.2. The zero-order valence-electron chi connectivity index (χ0n) is 21.2. The third-order valence-electron chi connectivity index (χ3n) is 7.59. The second-order valence-electron chi connectivity index (χ2n) is 10.2. The second-order valence-corrected chi connectivity index (χ2v) is 10.2. The summed E-state index contributed by atoms with van der Waals surface area (Å²) in [5.74, 6) is -3.35. The van der Waals surface area contributed by atoms with E-state index in [-0.39, 0.29) is 68.9 Å². The number of benzene rings is 4. The summed E-state index contributed by atoms with van der Waals surface area (Å²) in [6.07, 6.45) is -4.89. The normalized spacial score (nSPS) is 23.1. The number of ether oxygens (including phenoxy) is 2. The lowest BCUT2D eigenvalue weighted by Crippen LogP contribution is -2.37. The van der Waals surface area contributed by atoms with Crippen molar-refractivity contribution in [3.8, 4) is 51.7 Å². The van der Waals surface area contributed by atoms with Gasteiger partial charge in [-0.3, -0.25) is 0 Å². The molecule has 11 heteroatoms. The topological polar surface area (TPSA) is 201 Å². The first-order valence-corrected chi connectivity index (χ1v) is 12.7. The molecule has 5 atom stereocenters. The van der Waals surface area contributed by atoms with E-state index in [1.165, 1.54) is 54.6 Å². The van der Waals surface area contributed by atoms with Gasteiger partial charge in [-0.15, -0.1) is 0 Å². The number of aliphatic hydroxyl groups is 2. The lowest BCUT2D eigenvalue weighted by atomic mass is 9.77. The molecular weight excluding hydrogens is 536 g/mol. The fourth-order valence-corrected chi connectivity index (χ4v) is 5.60. The molecule has 0 amide bonds. The first-order chi connectivity index (χ1) is 19.5. The van der Waals surface area contributed by atoms with Crippen molar-refractivity contribution in [3.63, 3.8) is 0 Å². The fourth-order valence-electron chi connectivity index (χ4n) is 5.60. The lowest BCUT2D eigenvalue weighted by Gasteiger charge is -2.41. The Labute approximate surface area is 232 Å². The molecule has 0 saturated heterocycles. The Kier molecular flexibility index (Phi) is 6.13. The quantitative estimate of drug-likeness (QED) is 0.166. The molecule has 0 saturated carbocycles. The van der Waals surface area contributed by atoms with Gasteiger partial charge in [-0.2, -0.15) is 0 Å². The molecule has 0 aliphatic carbocycles. The van der Waals surface area contributed by atoms with Crippen LogP contribution in [0.2, 0.25) is 0 Å². The van der Waals surface area contributed by atoms with Crippen LogP contribution in [0.5, 0.6) is 51.7 Å². The molecule has 0 aromatic heterocycles. The van der Waals surface area contributed by atoms with Crippen molar-refractivity contribution in [1.82, 2.24) is 0 Å². The van der Waals surface area contributed by atoms with Crippen LogP contribution in [0, 0.1) is 0 Å². The van der Waals surface area contributed by atoms with Crippen molar-refractivity contribution in [3.05, 3.63) is 88.5 Å². The molecule has 212 valence electrons. The van der Waals surface area contributed by atoms with Gasteiger partial charge >= 0.3 is 0 Å². The summed E-state index contributed by atoms with van der Waals surface area (Å²) in [4.78, 5) is 0. The van der Waals surface area contributed by atoms with E-state index in [4.69, 9.17) is 9.47 Å². The molecule has 0 radical (unpaired) electrons. The predicted octanol–water partition coefficient (Wildman–Crippen LogP) is 3.29. The highest BCUT2D eigenvalue weighted by atomic mass is 16.5. The Bertz CT molecular complexity index is 1670. The zero-order chi connectivity index (χ0) is 29.2. The van der Waals surface area contributed by atoms with Gasteiger partial charge in [0.15, 0.2) is 29.1 Å². The van der Waals surface area contributed by atoms with Gasteiger partial charge in [0, 0.05) is 41.2 Å². The molecule has 6 rings (SSSR count). The van der Waals surface area contributed by atoms with E-state index in [2.05, 4.69) is 0 Å². The number of hydrogen-bond acceptors (Lipinski definition) is 11. The van der Waals surface area contributed by atoms with Gasteiger partial charge in [-0.25, -0.2) is 0 Å². The van der Waals surface area contributed by atoms with Crippen molar-refractivity contribution < 1.29 is 55.4 Å². The molecule has 11 nitrogen and oxygen atoms in total. The molecule has 2 aliphatic rings. The number of hydrogen-bond donors (Lipinski definition) is 9. The molecule has 2 aliphatic heterocycles. The van der Waals surface area contributed by atoms with Crippen LogP contribution in [-0.2, 0) is 6.42 Å². The van der Waals surface area contributed by atoms with Crippen LogP contribution >= 0.6 is 0 Å². The van der Waals surface area contributed by atoms with Crippen LogP contribution in [-0.4, -0.2) is 58.2 Å². The standard InChI is InChI=1S/C30H26O11/c31-14-3-4-15(19(34)9-14)25-26-24(40-29(27(25)39)13-2-6-18(33)22(37)8-13)11-20(35)16-10-23(38)28(41-30(16)26)12-1-5-17(32)21(36)7-12/h1-9,11,23,25,27-29,31-39H,10H2/t23-,25-,27+,28-,29-/m0/s1. The first kappa shape index (κ1) is 26.2. The maximum atomic E-state index is 11.7. The Morgan fingerprint density at radius 2 is 1.22 bits per heavy atom. The van der Waals surface area contributed by atoms with Crippen LogP contribution in [0.1, 0.15) is 45.9 Å². The van der Waals surface area contributed by atoms with E-state index in [9.17, 15) is 46.0 Å². The Morgan fingerprint density at radius 1 is 0.585 bits per heavy atom. The molecule has 0 unspecified atom stereocenters. The lowest BCUT2D eigenvalue weighted by molar-refractivity contribution is -0.00244. The first-order valence-electron chi connectivity index (χ1n) is 12.7. The highest BCUT2D eigenvalue weighted by Gasteiger charge is 2.45. The number of fused-ring (bicyclic) bond motifs is 3. The van der Waals surface area contributed by atoms with Crippen LogP contribution < -0.4 is 9.47 Å². The minimum Gasteiger partial charge on any atom is -0.508 e. The van der Waals surface area contributed by atoms with Gasteiger partial charge in [-0.05, 0) is 41.5 Å². The number of rotatable bonds is 3. The molecule has 4 aromatic rings. The van der Waals surface area contributed by atoms with Gasteiger partial charge in [-0.1, -0.05) is 18.2 Å². The third kappa shape index (κ3) is 4.31. The fraction of sp³-hybridized carbons (Fsp3) is 0.200. The number of aliphatic hydroxyl groups excluding tert-OH is 2. The molecule has 0 bridgehead atoms. The van der Waals surface area contributed by atoms with Crippen molar-refractivity contribution >= 4 is 0 Å². The van der Waals surface area contributed by atoms with E-state index >= 15 is 0 Å². The summed E-state index contributed by atoms with van der Waals surface area (Å²) in [5.41, 5.74) is 1.26. The molecule has 41 heavy (non-hydrogen) atoms. The Balaban J connectivity index is 1.55.